The Morgan fingerprint density at radius 2 is 0.940 bits per heavy atom. The minimum absolute atomic E-state index is 0.489. The Kier molecular flexibility index (Phi) is 6.56. The Balaban J connectivity index is 1.28. The Morgan fingerprint density at radius 3 is 1.60 bits per heavy atom. The molecule has 0 saturated carbocycles. The molecule has 0 N–H and O–H groups in total. The SMILES string of the molecule is N#Cc1ccc2c(c1)c1ccccc1n2-c1ccccc1-c1ccc(C#N)c(-c2cccc(-n3c4ccccc4c4ccccc43)c2C#N)c1. The Labute approximate surface area is 287 Å². The third-order valence-electron chi connectivity index (χ3n) is 9.66. The van der Waals surface area contributed by atoms with E-state index in [1.54, 1.807) is 0 Å². The topological polar surface area (TPSA) is 81.2 Å². The fourth-order valence-corrected chi connectivity index (χ4v) is 7.50. The van der Waals surface area contributed by atoms with E-state index in [9.17, 15) is 15.8 Å². The monoisotopic (exact) mass is 635 g/mol. The first-order valence-corrected chi connectivity index (χ1v) is 16.3. The molecule has 0 radical (unpaired) electrons. The summed E-state index contributed by atoms with van der Waals surface area (Å²) in [5.41, 5.74) is 10.7. The second-order valence-electron chi connectivity index (χ2n) is 12.3. The van der Waals surface area contributed by atoms with E-state index in [1.807, 2.05) is 103 Å². The molecule has 2 aromatic heterocycles. The fraction of sp³-hybridized carbons (Fsp3) is 0. The van der Waals surface area contributed by atoms with Gasteiger partial charge in [0.2, 0.25) is 0 Å². The van der Waals surface area contributed by atoms with Crippen molar-refractivity contribution in [2.75, 3.05) is 0 Å². The van der Waals surface area contributed by atoms with E-state index in [4.69, 9.17) is 0 Å². The van der Waals surface area contributed by atoms with Gasteiger partial charge in [-0.3, -0.25) is 0 Å². The van der Waals surface area contributed by atoms with Gasteiger partial charge >= 0.3 is 0 Å². The standard InChI is InChI=1S/C45H25N5/c46-26-29-20-23-45-38(24-29)36-13-4-8-18-43(36)49(45)40-15-5-1-10-32(40)30-21-22-31(27-47)37(25-30)33-14-9-19-44(39(33)28-48)50-41-16-6-2-11-34(41)35-12-3-7-17-42(35)50/h1-25H. The van der Waals surface area contributed by atoms with Crippen LogP contribution in [0.25, 0.3) is 77.2 Å². The normalized spacial score (nSPS) is 11.1. The minimum Gasteiger partial charge on any atom is -0.309 e. The van der Waals surface area contributed by atoms with Crippen molar-refractivity contribution < 1.29 is 0 Å². The first-order chi connectivity index (χ1) is 24.7. The zero-order chi connectivity index (χ0) is 33.8. The van der Waals surface area contributed by atoms with Crippen molar-refractivity contribution in [2.24, 2.45) is 0 Å². The van der Waals surface area contributed by atoms with Gasteiger partial charge in [0.1, 0.15) is 6.07 Å². The van der Waals surface area contributed by atoms with Gasteiger partial charge in [-0.05, 0) is 66.2 Å². The second kappa shape index (κ2) is 11.4. The number of hydrogen-bond acceptors (Lipinski definition) is 3. The lowest BCUT2D eigenvalue weighted by atomic mass is 9.91. The van der Waals surface area contributed by atoms with Gasteiger partial charge in [-0.25, -0.2) is 0 Å². The number of aromatic nitrogens is 2. The highest BCUT2D eigenvalue weighted by molar-refractivity contribution is 6.11. The van der Waals surface area contributed by atoms with Crippen molar-refractivity contribution in [2.45, 2.75) is 0 Å². The van der Waals surface area contributed by atoms with Crippen LogP contribution in [0.5, 0.6) is 0 Å². The van der Waals surface area contributed by atoms with Gasteiger partial charge in [0.05, 0.1) is 62.3 Å². The molecular formula is C45H25N5. The molecule has 230 valence electrons. The summed E-state index contributed by atoms with van der Waals surface area (Å²) in [5.74, 6) is 0. The lowest BCUT2D eigenvalue weighted by Crippen LogP contribution is -2.01. The summed E-state index contributed by atoms with van der Waals surface area (Å²) < 4.78 is 4.39. The van der Waals surface area contributed by atoms with Crippen LogP contribution >= 0.6 is 0 Å². The van der Waals surface area contributed by atoms with Gasteiger partial charge in [-0.1, -0.05) is 91.0 Å². The molecule has 7 aromatic carbocycles. The maximum absolute atomic E-state index is 10.8. The van der Waals surface area contributed by atoms with E-state index in [-0.39, 0.29) is 0 Å². The molecule has 0 aliphatic carbocycles. The molecule has 5 nitrogen and oxygen atoms in total. The number of rotatable bonds is 4. The molecule has 0 aliphatic rings. The molecule has 5 heteroatoms. The first kappa shape index (κ1) is 28.8. The summed E-state index contributed by atoms with van der Waals surface area (Å²) in [5, 5.41) is 35.1. The highest BCUT2D eigenvalue weighted by Gasteiger charge is 2.21. The molecule has 9 aromatic rings. The van der Waals surface area contributed by atoms with E-state index >= 15 is 0 Å². The number of nitrogens with zero attached hydrogens (tertiary/aromatic N) is 5. The maximum Gasteiger partial charge on any atom is 0.102 e. The van der Waals surface area contributed by atoms with E-state index in [0.717, 1.165) is 66.1 Å². The van der Waals surface area contributed by atoms with Gasteiger partial charge in [-0.2, -0.15) is 15.8 Å². The quantitative estimate of drug-likeness (QED) is 0.193. The Morgan fingerprint density at radius 1 is 0.380 bits per heavy atom. The van der Waals surface area contributed by atoms with Crippen LogP contribution in [0.4, 0.5) is 0 Å². The average molecular weight is 636 g/mol. The van der Waals surface area contributed by atoms with Crippen molar-refractivity contribution in [1.29, 1.82) is 15.8 Å². The predicted octanol–water partition coefficient (Wildman–Crippen LogP) is 10.8. The number of nitriles is 3. The summed E-state index contributed by atoms with van der Waals surface area (Å²) in [6, 6.07) is 57.7. The van der Waals surface area contributed by atoms with Crippen molar-refractivity contribution in [3.8, 4) is 51.8 Å². The number of benzene rings is 7. The van der Waals surface area contributed by atoms with E-state index in [0.29, 0.717) is 27.8 Å². The van der Waals surface area contributed by atoms with E-state index in [2.05, 4.69) is 75.9 Å². The largest absolute Gasteiger partial charge is 0.309 e. The van der Waals surface area contributed by atoms with Crippen LogP contribution in [0, 0.1) is 34.0 Å². The third-order valence-corrected chi connectivity index (χ3v) is 9.66. The van der Waals surface area contributed by atoms with Gasteiger partial charge in [-0.15, -0.1) is 0 Å². The predicted molar refractivity (Wildman–Crippen MR) is 200 cm³/mol. The van der Waals surface area contributed by atoms with Gasteiger partial charge in [0.25, 0.3) is 0 Å². The summed E-state index contributed by atoms with van der Waals surface area (Å²) in [7, 11) is 0. The molecule has 0 aliphatic heterocycles. The first-order valence-electron chi connectivity index (χ1n) is 16.3. The molecule has 0 bridgehead atoms. The van der Waals surface area contributed by atoms with Crippen molar-refractivity contribution in [3.05, 3.63) is 168 Å². The molecule has 0 unspecified atom stereocenters. The molecule has 50 heavy (non-hydrogen) atoms. The second-order valence-corrected chi connectivity index (χ2v) is 12.3. The smallest absolute Gasteiger partial charge is 0.102 e. The zero-order valence-electron chi connectivity index (χ0n) is 26.7. The molecule has 2 heterocycles. The number of fused-ring (bicyclic) bond motifs is 6. The molecule has 0 fully saturated rings. The van der Waals surface area contributed by atoms with Crippen LogP contribution in [-0.4, -0.2) is 9.13 Å². The maximum atomic E-state index is 10.8. The van der Waals surface area contributed by atoms with Crippen LogP contribution in [0.15, 0.2) is 152 Å². The lowest BCUT2D eigenvalue weighted by molar-refractivity contribution is 1.17. The minimum atomic E-state index is 0.489. The van der Waals surface area contributed by atoms with Gasteiger partial charge in [0, 0.05) is 38.2 Å². The number of hydrogen-bond donors (Lipinski definition) is 0. The summed E-state index contributed by atoms with van der Waals surface area (Å²) in [4.78, 5) is 0. The molecule has 0 atom stereocenters. The molecule has 0 saturated heterocycles. The Hall–Kier alpha value is -7.39. The summed E-state index contributed by atoms with van der Waals surface area (Å²) in [6.07, 6.45) is 0. The van der Waals surface area contributed by atoms with Crippen molar-refractivity contribution in [1.82, 2.24) is 9.13 Å². The third kappa shape index (κ3) is 4.24. The van der Waals surface area contributed by atoms with Crippen LogP contribution in [-0.2, 0) is 0 Å². The van der Waals surface area contributed by atoms with Gasteiger partial charge in [0.15, 0.2) is 0 Å². The van der Waals surface area contributed by atoms with E-state index < -0.39 is 0 Å². The highest BCUT2D eigenvalue weighted by Crippen LogP contribution is 2.40. The molecule has 0 amide bonds. The molecular weight excluding hydrogens is 611 g/mol. The lowest BCUT2D eigenvalue weighted by Gasteiger charge is -2.17. The van der Waals surface area contributed by atoms with Crippen molar-refractivity contribution >= 4 is 43.6 Å². The Bertz CT molecular complexity index is 2920. The van der Waals surface area contributed by atoms with Crippen molar-refractivity contribution in [3.63, 3.8) is 0 Å². The molecule has 9 rings (SSSR count). The van der Waals surface area contributed by atoms with E-state index in [1.165, 1.54) is 0 Å². The van der Waals surface area contributed by atoms with Crippen LogP contribution in [0.1, 0.15) is 16.7 Å². The summed E-state index contributed by atoms with van der Waals surface area (Å²) >= 11 is 0. The fourth-order valence-electron chi connectivity index (χ4n) is 7.50. The number of para-hydroxylation sites is 4. The highest BCUT2D eigenvalue weighted by atomic mass is 15.0. The van der Waals surface area contributed by atoms with Crippen LogP contribution in [0.2, 0.25) is 0 Å². The zero-order valence-corrected chi connectivity index (χ0v) is 26.7. The van der Waals surface area contributed by atoms with Crippen LogP contribution < -0.4 is 0 Å². The average Bonchev–Trinajstić information content (AvgIpc) is 3.69. The van der Waals surface area contributed by atoms with Crippen LogP contribution in [0.3, 0.4) is 0 Å². The van der Waals surface area contributed by atoms with Gasteiger partial charge < -0.3 is 9.13 Å². The summed E-state index contributed by atoms with van der Waals surface area (Å²) in [6.45, 7) is 0. The molecule has 0 spiro atoms.